The van der Waals surface area contributed by atoms with Crippen LogP contribution in [0.15, 0.2) is 42.5 Å². The Balaban J connectivity index is 1.93. The van der Waals surface area contributed by atoms with E-state index < -0.39 is 10.8 Å². The predicted octanol–water partition coefficient (Wildman–Crippen LogP) is 2.07. The zero-order valence-corrected chi connectivity index (χ0v) is 15.9. The third-order valence-electron chi connectivity index (χ3n) is 4.84. The van der Waals surface area contributed by atoms with Crippen molar-refractivity contribution in [1.29, 1.82) is 0 Å². The molecule has 2 N–H and O–H groups in total. The van der Waals surface area contributed by atoms with Gasteiger partial charge in [0.1, 0.15) is 6.54 Å². The molecule has 0 aliphatic carbocycles. The number of fused-ring (bicyclic) bond motifs is 2. The number of carbonyl (C=O) groups excluding carboxylic acids is 3. The molecule has 0 radical (unpaired) electrons. The molecule has 2 aromatic rings. The number of hydrogen-bond acceptors (Lipinski definition) is 4. The Morgan fingerprint density at radius 2 is 1.81 bits per heavy atom. The Morgan fingerprint density at radius 1 is 1.15 bits per heavy atom. The van der Waals surface area contributed by atoms with Crippen molar-refractivity contribution >= 4 is 40.9 Å². The van der Waals surface area contributed by atoms with Crippen LogP contribution in [0.1, 0.15) is 16.7 Å². The second kappa shape index (κ2) is 6.13. The number of hydrogen-bond donors (Lipinski definition) is 1. The number of thioether (sulfide) groups is 1. The predicted molar refractivity (Wildman–Crippen MR) is 106 cm³/mol. The summed E-state index contributed by atoms with van der Waals surface area (Å²) in [7, 11) is 0. The van der Waals surface area contributed by atoms with Crippen molar-refractivity contribution in [3.8, 4) is 0 Å². The maximum absolute atomic E-state index is 13.5. The van der Waals surface area contributed by atoms with Gasteiger partial charge in [0.15, 0.2) is 0 Å². The first-order valence-corrected chi connectivity index (χ1v) is 9.58. The molecule has 0 unspecified atom stereocenters. The van der Waals surface area contributed by atoms with Gasteiger partial charge in [-0.15, -0.1) is 11.8 Å². The van der Waals surface area contributed by atoms with Crippen molar-refractivity contribution < 1.29 is 14.4 Å². The maximum atomic E-state index is 13.5. The molecule has 2 heterocycles. The van der Waals surface area contributed by atoms with E-state index in [9.17, 15) is 14.4 Å². The minimum atomic E-state index is -1.20. The Bertz CT molecular complexity index is 970. The van der Waals surface area contributed by atoms with Crippen LogP contribution in [-0.2, 0) is 19.3 Å². The van der Waals surface area contributed by atoms with Crippen LogP contribution in [0.2, 0.25) is 0 Å². The zero-order chi connectivity index (χ0) is 19.3. The SMILES string of the molecule is Cc1cc(C)cc(N2C(=O)CS[C@@]23C(=O)N(CC(N)=O)c2ccccc23)c1. The highest BCUT2D eigenvalue weighted by molar-refractivity contribution is 8.02. The Morgan fingerprint density at radius 3 is 2.48 bits per heavy atom. The standard InChI is InChI=1S/C20H19N3O3S/c1-12-7-13(2)9-14(8-12)23-18(25)11-27-20(23)15-5-3-4-6-16(15)22(19(20)26)10-17(21)24/h3-9H,10-11H2,1-2H3,(H2,21,24)/t20-/m0/s1. The summed E-state index contributed by atoms with van der Waals surface area (Å²) in [5.41, 5.74) is 9.42. The maximum Gasteiger partial charge on any atom is 0.269 e. The van der Waals surface area contributed by atoms with Gasteiger partial charge in [-0.05, 0) is 43.2 Å². The number of primary amides is 1. The van der Waals surface area contributed by atoms with Gasteiger partial charge in [-0.2, -0.15) is 0 Å². The van der Waals surface area contributed by atoms with Crippen LogP contribution in [0, 0.1) is 13.8 Å². The quantitative estimate of drug-likeness (QED) is 0.882. The molecule has 1 saturated heterocycles. The van der Waals surface area contributed by atoms with Crippen LogP contribution in [0.25, 0.3) is 0 Å². The van der Waals surface area contributed by atoms with Crippen LogP contribution < -0.4 is 15.5 Å². The lowest BCUT2D eigenvalue weighted by atomic mass is 10.0. The molecule has 27 heavy (non-hydrogen) atoms. The summed E-state index contributed by atoms with van der Waals surface area (Å²) in [6.45, 7) is 3.70. The van der Waals surface area contributed by atoms with Crippen LogP contribution >= 0.6 is 11.8 Å². The number of nitrogens with zero attached hydrogens (tertiary/aromatic N) is 2. The van der Waals surface area contributed by atoms with E-state index >= 15 is 0 Å². The largest absolute Gasteiger partial charge is 0.368 e. The number of nitrogens with two attached hydrogens (primary N) is 1. The summed E-state index contributed by atoms with van der Waals surface area (Å²) >= 11 is 1.29. The highest BCUT2D eigenvalue weighted by Crippen LogP contribution is 2.55. The summed E-state index contributed by atoms with van der Waals surface area (Å²) in [4.78, 5) is 39.7. The monoisotopic (exact) mass is 381 g/mol. The number of rotatable bonds is 3. The van der Waals surface area contributed by atoms with Gasteiger partial charge in [0.05, 0.1) is 11.4 Å². The lowest BCUT2D eigenvalue weighted by Crippen LogP contribution is -2.51. The summed E-state index contributed by atoms with van der Waals surface area (Å²) in [5.74, 6) is -0.841. The van der Waals surface area contributed by atoms with Crippen LogP contribution in [-0.4, -0.2) is 30.0 Å². The molecule has 0 bridgehead atoms. The van der Waals surface area contributed by atoms with Gasteiger partial charge in [-0.3, -0.25) is 24.2 Å². The number of benzene rings is 2. The topological polar surface area (TPSA) is 83.7 Å². The molecule has 1 spiro atoms. The number of aryl methyl sites for hydroxylation is 2. The fourth-order valence-electron chi connectivity index (χ4n) is 3.95. The number of para-hydroxylation sites is 1. The van der Waals surface area contributed by atoms with E-state index in [0.717, 1.165) is 11.1 Å². The molecule has 6 nitrogen and oxygen atoms in total. The fourth-order valence-corrected chi connectivity index (χ4v) is 5.31. The Hall–Kier alpha value is -2.80. The normalized spacial score (nSPS) is 21.3. The van der Waals surface area contributed by atoms with E-state index in [4.69, 9.17) is 5.73 Å². The molecule has 4 rings (SSSR count). The van der Waals surface area contributed by atoms with Crippen molar-refractivity contribution in [2.45, 2.75) is 18.7 Å². The second-order valence-corrected chi connectivity index (χ2v) is 8.05. The van der Waals surface area contributed by atoms with Crippen LogP contribution in [0.4, 0.5) is 11.4 Å². The molecule has 2 aliphatic heterocycles. The molecule has 7 heteroatoms. The average molecular weight is 381 g/mol. The molecule has 1 atom stereocenters. The van der Waals surface area contributed by atoms with E-state index in [2.05, 4.69) is 0 Å². The molecular formula is C20H19N3O3S. The van der Waals surface area contributed by atoms with Gasteiger partial charge < -0.3 is 5.73 Å². The summed E-state index contributed by atoms with van der Waals surface area (Å²) < 4.78 is 0. The smallest absolute Gasteiger partial charge is 0.269 e. The molecule has 138 valence electrons. The Kier molecular flexibility index (Phi) is 3.99. The average Bonchev–Trinajstić information content (AvgIpc) is 3.06. The first kappa shape index (κ1) is 17.6. The van der Waals surface area contributed by atoms with E-state index in [1.54, 1.807) is 11.0 Å². The van der Waals surface area contributed by atoms with Gasteiger partial charge in [-0.1, -0.05) is 24.3 Å². The molecule has 2 aliphatic rings. The van der Waals surface area contributed by atoms with Gasteiger partial charge in [0.2, 0.25) is 16.7 Å². The highest BCUT2D eigenvalue weighted by atomic mass is 32.2. The van der Waals surface area contributed by atoms with Crippen LogP contribution in [0.5, 0.6) is 0 Å². The lowest BCUT2D eigenvalue weighted by Gasteiger charge is -2.33. The third kappa shape index (κ3) is 2.53. The van der Waals surface area contributed by atoms with Gasteiger partial charge in [-0.25, -0.2) is 0 Å². The summed E-state index contributed by atoms with van der Waals surface area (Å²) in [5, 5.41) is 0. The van der Waals surface area contributed by atoms with Crippen molar-refractivity contribution in [3.63, 3.8) is 0 Å². The van der Waals surface area contributed by atoms with Gasteiger partial charge in [0.25, 0.3) is 5.91 Å². The zero-order valence-electron chi connectivity index (χ0n) is 15.1. The Labute approximate surface area is 161 Å². The highest BCUT2D eigenvalue weighted by Gasteiger charge is 2.61. The minimum absolute atomic E-state index is 0.130. The molecule has 1 fully saturated rings. The minimum Gasteiger partial charge on any atom is -0.368 e. The summed E-state index contributed by atoms with van der Waals surface area (Å²) in [6, 6.07) is 13.1. The summed E-state index contributed by atoms with van der Waals surface area (Å²) in [6.07, 6.45) is 0. The molecule has 3 amide bonds. The fraction of sp³-hybridized carbons (Fsp3) is 0.250. The first-order chi connectivity index (χ1) is 12.8. The molecule has 2 aromatic carbocycles. The lowest BCUT2D eigenvalue weighted by molar-refractivity contribution is -0.125. The van der Waals surface area contributed by atoms with Crippen molar-refractivity contribution in [3.05, 3.63) is 59.2 Å². The van der Waals surface area contributed by atoms with E-state index in [0.29, 0.717) is 16.9 Å². The number of carbonyl (C=O) groups is 3. The van der Waals surface area contributed by atoms with Crippen molar-refractivity contribution in [2.75, 3.05) is 22.1 Å². The number of anilines is 2. The molecule has 0 saturated carbocycles. The van der Waals surface area contributed by atoms with E-state index in [-0.39, 0.29) is 24.1 Å². The van der Waals surface area contributed by atoms with E-state index in [1.807, 2.05) is 50.2 Å². The van der Waals surface area contributed by atoms with Crippen molar-refractivity contribution in [2.24, 2.45) is 5.73 Å². The second-order valence-electron chi connectivity index (χ2n) is 6.88. The number of amides is 3. The van der Waals surface area contributed by atoms with E-state index in [1.165, 1.54) is 16.7 Å². The molecular weight excluding hydrogens is 362 g/mol. The molecule has 0 aromatic heterocycles. The van der Waals surface area contributed by atoms with Gasteiger partial charge in [0, 0.05) is 11.3 Å². The van der Waals surface area contributed by atoms with Gasteiger partial charge >= 0.3 is 0 Å². The third-order valence-corrected chi connectivity index (χ3v) is 6.23. The first-order valence-electron chi connectivity index (χ1n) is 8.59. The van der Waals surface area contributed by atoms with Crippen molar-refractivity contribution in [1.82, 2.24) is 0 Å². The van der Waals surface area contributed by atoms with Crippen LogP contribution in [0.3, 0.4) is 0 Å².